The van der Waals surface area contributed by atoms with Crippen molar-refractivity contribution in [3.05, 3.63) is 30.3 Å². The Bertz CT molecular complexity index is 438. The molecule has 0 spiro atoms. The number of ether oxygens (including phenoxy) is 1. The summed E-state index contributed by atoms with van der Waals surface area (Å²) in [6.45, 7) is 2.87. The molecule has 0 saturated heterocycles. The first kappa shape index (κ1) is 17.3. The van der Waals surface area contributed by atoms with Crippen LogP contribution in [0.15, 0.2) is 30.3 Å². The van der Waals surface area contributed by atoms with Crippen LogP contribution in [0, 0.1) is 0 Å². The molecule has 2 amide bonds. The molecule has 1 unspecified atom stereocenters. The van der Waals surface area contributed by atoms with Crippen LogP contribution in [0.2, 0.25) is 0 Å². The number of rotatable bonds is 9. The van der Waals surface area contributed by atoms with E-state index in [9.17, 15) is 9.59 Å². The van der Waals surface area contributed by atoms with Crippen LogP contribution < -0.4 is 15.4 Å². The fourth-order valence-electron chi connectivity index (χ4n) is 1.56. The molecule has 1 atom stereocenters. The van der Waals surface area contributed by atoms with E-state index in [2.05, 4.69) is 10.6 Å². The number of carbonyl (C=O) groups excluding carboxylic acids is 2. The second kappa shape index (κ2) is 10.0. The second-order valence-electron chi connectivity index (χ2n) is 4.52. The van der Waals surface area contributed by atoms with Gasteiger partial charge in [0, 0.05) is 19.5 Å². The Labute approximate surface area is 130 Å². The van der Waals surface area contributed by atoms with Gasteiger partial charge in [-0.2, -0.15) is 0 Å². The fourth-order valence-corrected chi connectivity index (χ4v) is 1.63. The summed E-state index contributed by atoms with van der Waals surface area (Å²) in [6.07, 6.45) is 1.04. The maximum absolute atomic E-state index is 11.5. The average molecular weight is 313 g/mol. The van der Waals surface area contributed by atoms with Gasteiger partial charge in [-0.25, -0.2) is 0 Å². The first-order valence-corrected chi connectivity index (χ1v) is 7.39. The van der Waals surface area contributed by atoms with E-state index in [1.54, 1.807) is 6.92 Å². The summed E-state index contributed by atoms with van der Waals surface area (Å²) in [5.41, 5.74) is 0. The number of hydrogen-bond donors (Lipinski definition) is 2. The molecule has 0 aliphatic heterocycles. The van der Waals surface area contributed by atoms with E-state index in [1.807, 2.05) is 30.3 Å². The molecule has 21 heavy (non-hydrogen) atoms. The van der Waals surface area contributed by atoms with Crippen molar-refractivity contribution in [2.24, 2.45) is 0 Å². The molecular formula is C15H21ClN2O3. The van der Waals surface area contributed by atoms with Gasteiger partial charge in [-0.05, 0) is 25.5 Å². The molecule has 0 fully saturated rings. The Hall–Kier alpha value is -1.75. The van der Waals surface area contributed by atoms with Crippen LogP contribution in [0.3, 0.4) is 0 Å². The Balaban J connectivity index is 2.00. The van der Waals surface area contributed by atoms with Gasteiger partial charge in [-0.15, -0.1) is 11.6 Å². The van der Waals surface area contributed by atoms with Gasteiger partial charge in [0.15, 0.2) is 0 Å². The van der Waals surface area contributed by atoms with Crippen molar-refractivity contribution in [2.45, 2.75) is 25.1 Å². The molecule has 1 aromatic rings. The predicted molar refractivity (Wildman–Crippen MR) is 82.5 cm³/mol. The van der Waals surface area contributed by atoms with Crippen LogP contribution in [-0.2, 0) is 9.59 Å². The van der Waals surface area contributed by atoms with Crippen LogP contribution in [0.1, 0.15) is 19.8 Å². The predicted octanol–water partition coefficient (Wildman–Crippen LogP) is 1.71. The molecule has 0 aliphatic rings. The first-order valence-electron chi connectivity index (χ1n) is 6.96. The molecule has 0 radical (unpaired) electrons. The maximum atomic E-state index is 11.5. The number of para-hydroxylation sites is 1. The zero-order chi connectivity index (χ0) is 15.5. The molecular weight excluding hydrogens is 292 g/mol. The summed E-state index contributed by atoms with van der Waals surface area (Å²) >= 11 is 5.59. The van der Waals surface area contributed by atoms with Gasteiger partial charge in [0.2, 0.25) is 11.8 Å². The number of benzene rings is 1. The van der Waals surface area contributed by atoms with Gasteiger partial charge in [-0.3, -0.25) is 9.59 Å². The number of carbonyl (C=O) groups is 2. The van der Waals surface area contributed by atoms with Crippen LogP contribution in [0.5, 0.6) is 5.75 Å². The summed E-state index contributed by atoms with van der Waals surface area (Å²) in [5, 5.41) is 4.78. The van der Waals surface area contributed by atoms with Gasteiger partial charge < -0.3 is 15.4 Å². The van der Waals surface area contributed by atoms with Gasteiger partial charge in [0.1, 0.15) is 11.1 Å². The minimum atomic E-state index is -0.559. The number of alkyl halides is 1. The molecule has 0 saturated carbocycles. The normalized spacial score (nSPS) is 11.5. The monoisotopic (exact) mass is 312 g/mol. The first-order chi connectivity index (χ1) is 10.1. The quantitative estimate of drug-likeness (QED) is 0.539. The molecule has 0 bridgehead atoms. The van der Waals surface area contributed by atoms with E-state index in [0.29, 0.717) is 32.5 Å². The topological polar surface area (TPSA) is 67.4 Å². The van der Waals surface area contributed by atoms with Crippen LogP contribution in [0.4, 0.5) is 0 Å². The van der Waals surface area contributed by atoms with Gasteiger partial charge >= 0.3 is 0 Å². The summed E-state index contributed by atoms with van der Waals surface area (Å²) < 4.78 is 5.49. The van der Waals surface area contributed by atoms with Crippen LogP contribution in [0.25, 0.3) is 0 Å². The molecule has 2 N–H and O–H groups in total. The number of halogens is 1. The van der Waals surface area contributed by atoms with E-state index < -0.39 is 5.38 Å². The Kier molecular flexibility index (Phi) is 8.28. The lowest BCUT2D eigenvalue weighted by molar-refractivity contribution is -0.122. The highest BCUT2D eigenvalue weighted by atomic mass is 35.5. The zero-order valence-corrected chi connectivity index (χ0v) is 12.9. The minimum absolute atomic E-state index is 0.0557. The SMILES string of the molecule is CC(Cl)C(=O)NCCNC(=O)CCCOc1ccccc1. The Morgan fingerprint density at radius 1 is 1.19 bits per heavy atom. The highest BCUT2D eigenvalue weighted by Gasteiger charge is 2.07. The largest absolute Gasteiger partial charge is 0.494 e. The van der Waals surface area contributed by atoms with Gasteiger partial charge in [0.05, 0.1) is 6.61 Å². The molecule has 0 aromatic heterocycles. The lowest BCUT2D eigenvalue weighted by Gasteiger charge is -2.08. The lowest BCUT2D eigenvalue weighted by Crippen LogP contribution is -2.37. The highest BCUT2D eigenvalue weighted by molar-refractivity contribution is 6.30. The fraction of sp³-hybridized carbons (Fsp3) is 0.467. The van der Waals surface area contributed by atoms with Crippen molar-refractivity contribution >= 4 is 23.4 Å². The molecule has 1 rings (SSSR count). The summed E-state index contributed by atoms with van der Waals surface area (Å²) in [6, 6.07) is 9.47. The van der Waals surface area contributed by atoms with Crippen LogP contribution in [-0.4, -0.2) is 36.9 Å². The van der Waals surface area contributed by atoms with E-state index in [1.165, 1.54) is 0 Å². The van der Waals surface area contributed by atoms with Gasteiger partial charge in [-0.1, -0.05) is 18.2 Å². The minimum Gasteiger partial charge on any atom is -0.494 e. The number of hydrogen-bond acceptors (Lipinski definition) is 3. The van der Waals surface area contributed by atoms with Crippen LogP contribution >= 0.6 is 11.6 Å². The Morgan fingerprint density at radius 2 is 1.86 bits per heavy atom. The summed E-state index contributed by atoms with van der Waals surface area (Å²) in [7, 11) is 0. The third kappa shape index (κ3) is 8.19. The standard InChI is InChI=1S/C15H21ClN2O3/c1-12(16)15(20)18-10-9-17-14(19)8-5-11-21-13-6-3-2-4-7-13/h2-4,6-7,12H,5,8-11H2,1H3,(H,17,19)(H,18,20). The third-order valence-corrected chi connectivity index (χ3v) is 2.87. The molecule has 6 heteroatoms. The average Bonchev–Trinajstić information content (AvgIpc) is 2.49. The van der Waals surface area contributed by atoms with E-state index in [0.717, 1.165) is 5.75 Å². The van der Waals surface area contributed by atoms with Crippen molar-refractivity contribution in [3.8, 4) is 5.75 Å². The van der Waals surface area contributed by atoms with Crippen molar-refractivity contribution in [1.29, 1.82) is 0 Å². The van der Waals surface area contributed by atoms with Crippen molar-refractivity contribution in [3.63, 3.8) is 0 Å². The number of amides is 2. The molecule has 1 aromatic carbocycles. The van der Waals surface area contributed by atoms with Crippen molar-refractivity contribution in [1.82, 2.24) is 10.6 Å². The summed E-state index contributed by atoms with van der Waals surface area (Å²) in [5.74, 6) is 0.512. The smallest absolute Gasteiger partial charge is 0.237 e. The highest BCUT2D eigenvalue weighted by Crippen LogP contribution is 2.08. The molecule has 5 nitrogen and oxygen atoms in total. The van der Waals surface area contributed by atoms with Crippen molar-refractivity contribution in [2.75, 3.05) is 19.7 Å². The lowest BCUT2D eigenvalue weighted by atomic mass is 10.3. The van der Waals surface area contributed by atoms with E-state index >= 15 is 0 Å². The third-order valence-electron chi connectivity index (χ3n) is 2.67. The van der Waals surface area contributed by atoms with Crippen molar-refractivity contribution < 1.29 is 14.3 Å². The van der Waals surface area contributed by atoms with E-state index in [-0.39, 0.29) is 11.8 Å². The Morgan fingerprint density at radius 3 is 2.52 bits per heavy atom. The number of nitrogens with one attached hydrogen (secondary N) is 2. The second-order valence-corrected chi connectivity index (χ2v) is 5.18. The van der Waals surface area contributed by atoms with Gasteiger partial charge in [0.25, 0.3) is 0 Å². The maximum Gasteiger partial charge on any atom is 0.237 e. The molecule has 116 valence electrons. The zero-order valence-electron chi connectivity index (χ0n) is 12.1. The summed E-state index contributed by atoms with van der Waals surface area (Å²) in [4.78, 5) is 22.7. The molecule has 0 aliphatic carbocycles. The molecule has 0 heterocycles. The van der Waals surface area contributed by atoms with E-state index in [4.69, 9.17) is 16.3 Å².